The average molecular weight is 193 g/mol. The van der Waals surface area contributed by atoms with Crippen molar-refractivity contribution in [2.24, 2.45) is 5.92 Å². The first kappa shape index (κ1) is 11.0. The van der Waals surface area contributed by atoms with Crippen molar-refractivity contribution in [3.8, 4) is 0 Å². The van der Waals surface area contributed by atoms with Crippen LogP contribution < -0.4 is 0 Å². The predicted octanol–water partition coefficient (Wildman–Crippen LogP) is 3.20. The highest BCUT2D eigenvalue weighted by Gasteiger charge is 2.07. The van der Waals surface area contributed by atoms with Gasteiger partial charge in [-0.05, 0) is 30.9 Å². The van der Waals surface area contributed by atoms with Gasteiger partial charge in [0.15, 0.2) is 5.78 Å². The number of ketones is 1. The fourth-order valence-corrected chi connectivity index (χ4v) is 1.52. The summed E-state index contributed by atoms with van der Waals surface area (Å²) in [6, 6.07) is 3.92. The highest BCUT2D eigenvalue weighted by atomic mass is 16.1. The van der Waals surface area contributed by atoms with E-state index in [1.54, 1.807) is 0 Å². The molecule has 0 unspecified atom stereocenters. The smallest absolute Gasteiger partial charge is 0.178 e. The zero-order valence-electron chi connectivity index (χ0n) is 9.26. The van der Waals surface area contributed by atoms with Gasteiger partial charge in [0.05, 0.1) is 5.69 Å². The van der Waals surface area contributed by atoms with Crippen LogP contribution in [-0.4, -0.2) is 10.8 Å². The van der Waals surface area contributed by atoms with Crippen molar-refractivity contribution in [1.29, 1.82) is 0 Å². The van der Waals surface area contributed by atoms with Crippen LogP contribution in [0, 0.1) is 5.92 Å². The van der Waals surface area contributed by atoms with Crippen LogP contribution in [0.1, 0.15) is 49.8 Å². The van der Waals surface area contributed by atoms with Gasteiger partial charge in [-0.3, -0.25) is 4.79 Å². The average Bonchev–Trinajstić information content (AvgIpc) is 2.52. The summed E-state index contributed by atoms with van der Waals surface area (Å²) in [5.41, 5.74) is 1.93. The van der Waals surface area contributed by atoms with Gasteiger partial charge < -0.3 is 4.98 Å². The number of hydrogen-bond acceptors (Lipinski definition) is 1. The van der Waals surface area contributed by atoms with E-state index >= 15 is 0 Å². The molecule has 1 aromatic rings. The van der Waals surface area contributed by atoms with Crippen LogP contribution in [0.2, 0.25) is 0 Å². The van der Waals surface area contributed by atoms with Crippen LogP contribution in [-0.2, 0) is 6.42 Å². The van der Waals surface area contributed by atoms with Crippen LogP contribution in [0.5, 0.6) is 0 Å². The van der Waals surface area contributed by atoms with E-state index in [9.17, 15) is 4.79 Å². The van der Waals surface area contributed by atoms with E-state index in [1.807, 2.05) is 19.1 Å². The van der Waals surface area contributed by atoms with Gasteiger partial charge in [-0.15, -0.1) is 0 Å². The van der Waals surface area contributed by atoms with Crippen LogP contribution in [0.3, 0.4) is 0 Å². The third-order valence-electron chi connectivity index (χ3n) is 2.15. The maximum Gasteiger partial charge on any atom is 0.178 e. The largest absolute Gasteiger partial charge is 0.356 e. The van der Waals surface area contributed by atoms with E-state index in [1.165, 1.54) is 5.69 Å². The summed E-state index contributed by atoms with van der Waals surface area (Å²) < 4.78 is 0. The SMILES string of the molecule is CCCC(=O)c1ccc(CC(C)C)[nH]1. The van der Waals surface area contributed by atoms with Gasteiger partial charge in [0.1, 0.15) is 0 Å². The Balaban J connectivity index is 2.63. The summed E-state index contributed by atoms with van der Waals surface area (Å²) in [5.74, 6) is 0.852. The number of hydrogen-bond donors (Lipinski definition) is 1. The van der Waals surface area contributed by atoms with Gasteiger partial charge in [0.2, 0.25) is 0 Å². The Hall–Kier alpha value is -1.05. The van der Waals surface area contributed by atoms with Crippen molar-refractivity contribution >= 4 is 5.78 Å². The number of aromatic amines is 1. The number of nitrogens with one attached hydrogen (secondary N) is 1. The van der Waals surface area contributed by atoms with E-state index in [0.717, 1.165) is 18.5 Å². The molecule has 78 valence electrons. The van der Waals surface area contributed by atoms with Gasteiger partial charge >= 0.3 is 0 Å². The maximum absolute atomic E-state index is 11.5. The second kappa shape index (κ2) is 4.99. The Kier molecular flexibility index (Phi) is 3.93. The molecule has 1 aromatic heterocycles. The zero-order chi connectivity index (χ0) is 10.6. The molecule has 0 fully saturated rings. The second-order valence-corrected chi connectivity index (χ2v) is 4.17. The summed E-state index contributed by atoms with van der Waals surface area (Å²) in [5, 5.41) is 0. The first-order chi connectivity index (χ1) is 6.63. The third-order valence-corrected chi connectivity index (χ3v) is 2.15. The Bertz CT molecular complexity index is 299. The second-order valence-electron chi connectivity index (χ2n) is 4.17. The summed E-state index contributed by atoms with van der Waals surface area (Å²) in [4.78, 5) is 14.7. The van der Waals surface area contributed by atoms with Crippen molar-refractivity contribution in [2.45, 2.75) is 40.0 Å². The molecule has 0 radical (unpaired) electrons. The lowest BCUT2D eigenvalue weighted by Crippen LogP contribution is -2.00. The van der Waals surface area contributed by atoms with Gasteiger partial charge in [-0.2, -0.15) is 0 Å². The van der Waals surface area contributed by atoms with E-state index < -0.39 is 0 Å². The highest BCUT2D eigenvalue weighted by molar-refractivity contribution is 5.94. The molecular formula is C12H19NO. The zero-order valence-corrected chi connectivity index (χ0v) is 9.26. The van der Waals surface area contributed by atoms with Crippen LogP contribution in [0.15, 0.2) is 12.1 Å². The molecule has 0 amide bonds. The molecule has 0 aliphatic rings. The molecule has 0 saturated carbocycles. The molecule has 0 spiro atoms. The van der Waals surface area contributed by atoms with Gasteiger partial charge in [0.25, 0.3) is 0 Å². The van der Waals surface area contributed by atoms with Crippen LogP contribution in [0.25, 0.3) is 0 Å². The van der Waals surface area contributed by atoms with Crippen molar-refractivity contribution < 1.29 is 4.79 Å². The lowest BCUT2D eigenvalue weighted by molar-refractivity contribution is 0.0977. The quantitative estimate of drug-likeness (QED) is 0.716. The molecule has 0 aromatic carbocycles. The lowest BCUT2D eigenvalue weighted by Gasteiger charge is -2.01. The minimum absolute atomic E-state index is 0.225. The molecular weight excluding hydrogens is 174 g/mol. The molecule has 0 aliphatic heterocycles. The summed E-state index contributed by atoms with van der Waals surface area (Å²) in [6.07, 6.45) is 2.57. The van der Waals surface area contributed by atoms with Crippen molar-refractivity contribution in [2.75, 3.05) is 0 Å². The normalized spacial score (nSPS) is 10.9. The molecule has 0 saturated heterocycles. The molecule has 2 nitrogen and oxygen atoms in total. The Morgan fingerprint density at radius 2 is 2.14 bits per heavy atom. The van der Waals surface area contributed by atoms with Crippen molar-refractivity contribution in [1.82, 2.24) is 4.98 Å². The van der Waals surface area contributed by atoms with E-state index in [0.29, 0.717) is 12.3 Å². The summed E-state index contributed by atoms with van der Waals surface area (Å²) in [7, 11) is 0. The third kappa shape index (κ3) is 3.02. The summed E-state index contributed by atoms with van der Waals surface area (Å²) >= 11 is 0. The van der Waals surface area contributed by atoms with Crippen LogP contribution >= 0.6 is 0 Å². The Morgan fingerprint density at radius 1 is 1.43 bits per heavy atom. The monoisotopic (exact) mass is 193 g/mol. The standard InChI is InChI=1S/C12H19NO/c1-4-5-12(14)11-7-6-10(13-11)8-9(2)3/h6-7,9,13H,4-5,8H2,1-3H3. The molecule has 1 N–H and O–H groups in total. The number of aromatic nitrogens is 1. The molecule has 0 atom stereocenters. The van der Waals surface area contributed by atoms with Gasteiger partial charge in [0, 0.05) is 12.1 Å². The number of H-pyrrole nitrogens is 1. The number of rotatable bonds is 5. The molecule has 1 rings (SSSR count). The topological polar surface area (TPSA) is 32.9 Å². The maximum atomic E-state index is 11.5. The predicted molar refractivity (Wildman–Crippen MR) is 58.6 cm³/mol. The molecule has 14 heavy (non-hydrogen) atoms. The fourth-order valence-electron chi connectivity index (χ4n) is 1.52. The first-order valence-electron chi connectivity index (χ1n) is 5.34. The lowest BCUT2D eigenvalue weighted by atomic mass is 10.1. The number of carbonyl (C=O) groups is 1. The van der Waals surface area contributed by atoms with Crippen molar-refractivity contribution in [3.63, 3.8) is 0 Å². The molecule has 0 bridgehead atoms. The molecule has 0 aliphatic carbocycles. The Labute approximate surface area is 85.7 Å². The van der Waals surface area contributed by atoms with Crippen LogP contribution in [0.4, 0.5) is 0 Å². The van der Waals surface area contributed by atoms with Gasteiger partial charge in [-0.25, -0.2) is 0 Å². The molecule has 1 heterocycles. The van der Waals surface area contributed by atoms with Crippen molar-refractivity contribution in [3.05, 3.63) is 23.5 Å². The van der Waals surface area contributed by atoms with E-state index in [-0.39, 0.29) is 5.78 Å². The molecule has 2 heteroatoms. The highest BCUT2D eigenvalue weighted by Crippen LogP contribution is 2.10. The summed E-state index contributed by atoms with van der Waals surface area (Å²) in [6.45, 7) is 6.37. The number of Topliss-reactive ketones (excluding diaryl/α,β-unsaturated/α-hetero) is 1. The van der Waals surface area contributed by atoms with E-state index in [4.69, 9.17) is 0 Å². The minimum atomic E-state index is 0.225. The van der Waals surface area contributed by atoms with E-state index in [2.05, 4.69) is 18.8 Å². The first-order valence-corrected chi connectivity index (χ1v) is 5.34. The Morgan fingerprint density at radius 3 is 2.71 bits per heavy atom. The minimum Gasteiger partial charge on any atom is -0.356 e. The fraction of sp³-hybridized carbons (Fsp3) is 0.583. The van der Waals surface area contributed by atoms with Gasteiger partial charge in [-0.1, -0.05) is 20.8 Å². The number of carbonyl (C=O) groups excluding carboxylic acids is 1.